The van der Waals surface area contributed by atoms with E-state index >= 15 is 0 Å². The van der Waals surface area contributed by atoms with E-state index in [0.29, 0.717) is 16.8 Å². The molecule has 0 amide bonds. The van der Waals surface area contributed by atoms with Crippen LogP contribution in [0.2, 0.25) is 0 Å². The van der Waals surface area contributed by atoms with E-state index in [1.54, 1.807) is 24.3 Å². The third kappa shape index (κ3) is 2.65. The van der Waals surface area contributed by atoms with Gasteiger partial charge in [0.2, 0.25) is 5.78 Å². The number of anilines is 1. The first-order chi connectivity index (χ1) is 11.1. The average molecular weight is 366 g/mol. The zero-order valence-electron chi connectivity index (χ0n) is 12.0. The van der Waals surface area contributed by atoms with Crippen LogP contribution in [0, 0.1) is 11.3 Å². The lowest BCUT2D eigenvalue weighted by Gasteiger charge is -2.07. The van der Waals surface area contributed by atoms with E-state index < -0.39 is 0 Å². The molecule has 1 aromatic heterocycles. The number of nitriles is 1. The molecular weight excluding hydrogens is 354 g/mol. The first-order valence-electron chi connectivity index (χ1n) is 6.89. The molecule has 3 aromatic rings. The third-order valence-electron chi connectivity index (χ3n) is 3.55. The van der Waals surface area contributed by atoms with Gasteiger partial charge in [0.15, 0.2) is 0 Å². The Balaban J connectivity index is 2.26. The van der Waals surface area contributed by atoms with Crippen LogP contribution in [-0.2, 0) is 0 Å². The lowest BCUT2D eigenvalue weighted by molar-refractivity contribution is 0.103. The zero-order chi connectivity index (χ0) is 16.4. The average Bonchev–Trinajstić information content (AvgIpc) is 2.91. The first-order valence-corrected chi connectivity index (χ1v) is 7.69. The van der Waals surface area contributed by atoms with Gasteiger partial charge in [0.1, 0.15) is 17.5 Å². The van der Waals surface area contributed by atoms with Crippen molar-refractivity contribution < 1.29 is 4.79 Å². The van der Waals surface area contributed by atoms with Crippen LogP contribution < -0.4 is 5.73 Å². The van der Waals surface area contributed by atoms with Gasteiger partial charge in [0.25, 0.3) is 0 Å². The molecule has 0 fully saturated rings. The molecule has 0 atom stereocenters. The number of carbonyl (C=O) groups excluding carboxylic acids is 1. The number of nitrogen functional groups attached to an aromatic ring is 1. The molecule has 0 spiro atoms. The molecule has 0 radical (unpaired) electrons. The maximum absolute atomic E-state index is 12.8. The van der Waals surface area contributed by atoms with Gasteiger partial charge in [-0.05, 0) is 11.6 Å². The van der Waals surface area contributed by atoms with E-state index in [2.05, 4.69) is 27.0 Å². The Morgan fingerprint density at radius 3 is 2.39 bits per heavy atom. The summed E-state index contributed by atoms with van der Waals surface area (Å²) in [6, 6.07) is 18.4. The van der Waals surface area contributed by atoms with E-state index in [1.165, 1.54) is 0 Å². The Kier molecular flexibility index (Phi) is 4.00. The summed E-state index contributed by atoms with van der Waals surface area (Å²) in [6.45, 7) is 0. The molecule has 0 saturated heterocycles. The number of aromatic nitrogens is 1. The number of hydrogen-bond acceptors (Lipinski definition) is 3. The number of hydrogen-bond donors (Lipinski definition) is 2. The molecule has 4 nitrogen and oxygen atoms in total. The third-order valence-corrected chi connectivity index (χ3v) is 4.24. The molecule has 3 rings (SSSR count). The second-order valence-electron chi connectivity index (χ2n) is 4.95. The predicted octanol–water partition coefficient (Wildman–Crippen LogP) is 4.13. The van der Waals surface area contributed by atoms with Gasteiger partial charge in [0.05, 0.1) is 5.69 Å². The second kappa shape index (κ2) is 6.11. The Morgan fingerprint density at radius 1 is 1.09 bits per heavy atom. The molecule has 1 heterocycles. The van der Waals surface area contributed by atoms with Crippen molar-refractivity contribution in [2.75, 3.05) is 5.73 Å². The van der Waals surface area contributed by atoms with Gasteiger partial charge < -0.3 is 10.7 Å². The highest BCUT2D eigenvalue weighted by Crippen LogP contribution is 2.36. The van der Waals surface area contributed by atoms with Gasteiger partial charge in [0, 0.05) is 15.6 Å². The first kappa shape index (κ1) is 15.1. The highest BCUT2D eigenvalue weighted by Gasteiger charge is 2.24. The molecule has 0 bridgehead atoms. The van der Waals surface area contributed by atoms with Crippen LogP contribution in [0.15, 0.2) is 59.1 Å². The number of ketones is 1. The molecule has 0 aliphatic rings. The molecule has 112 valence electrons. The molecule has 2 aromatic carbocycles. The maximum atomic E-state index is 12.8. The Hall–Kier alpha value is -2.84. The largest absolute Gasteiger partial charge is 0.384 e. The molecule has 23 heavy (non-hydrogen) atoms. The van der Waals surface area contributed by atoms with Gasteiger partial charge in [-0.25, -0.2) is 0 Å². The number of aromatic amines is 1. The Bertz CT molecular complexity index is 923. The van der Waals surface area contributed by atoms with Crippen LogP contribution in [0.3, 0.4) is 0 Å². The minimum absolute atomic E-state index is 0.192. The molecule has 3 N–H and O–H groups in total. The van der Waals surface area contributed by atoms with Crippen LogP contribution in [0.25, 0.3) is 11.1 Å². The number of nitrogens with one attached hydrogen (secondary N) is 1. The molecule has 0 aliphatic carbocycles. The highest BCUT2D eigenvalue weighted by molar-refractivity contribution is 9.10. The maximum Gasteiger partial charge on any atom is 0.209 e. The van der Waals surface area contributed by atoms with Crippen molar-refractivity contribution in [3.05, 3.63) is 75.9 Å². The van der Waals surface area contributed by atoms with Gasteiger partial charge in [-0.3, -0.25) is 4.79 Å². The van der Waals surface area contributed by atoms with E-state index in [9.17, 15) is 10.1 Å². The van der Waals surface area contributed by atoms with Crippen LogP contribution >= 0.6 is 15.9 Å². The smallest absolute Gasteiger partial charge is 0.209 e. The van der Waals surface area contributed by atoms with E-state index in [-0.39, 0.29) is 17.2 Å². The normalized spacial score (nSPS) is 10.3. The SMILES string of the molecule is N#Cc1c(N)[nH]c(C(=O)c2ccccc2)c1-c1ccccc1Br. The number of benzene rings is 2. The minimum Gasteiger partial charge on any atom is -0.384 e. The molecule has 0 aliphatic heterocycles. The summed E-state index contributed by atoms with van der Waals surface area (Å²) >= 11 is 3.47. The summed E-state index contributed by atoms with van der Waals surface area (Å²) in [6.07, 6.45) is 0. The van der Waals surface area contributed by atoms with E-state index in [1.807, 2.05) is 30.3 Å². The summed E-state index contributed by atoms with van der Waals surface area (Å²) in [5.41, 5.74) is 8.30. The van der Waals surface area contributed by atoms with Crippen molar-refractivity contribution in [3.63, 3.8) is 0 Å². The van der Waals surface area contributed by atoms with Crippen LogP contribution in [-0.4, -0.2) is 10.8 Å². The van der Waals surface area contributed by atoms with Crippen LogP contribution in [0.1, 0.15) is 21.6 Å². The summed E-state index contributed by atoms with van der Waals surface area (Å²) in [7, 11) is 0. The van der Waals surface area contributed by atoms with Crippen molar-refractivity contribution in [3.8, 4) is 17.2 Å². The van der Waals surface area contributed by atoms with Crippen molar-refractivity contribution in [2.45, 2.75) is 0 Å². The van der Waals surface area contributed by atoms with Gasteiger partial charge in [-0.15, -0.1) is 0 Å². The van der Waals surface area contributed by atoms with Crippen LogP contribution in [0.4, 0.5) is 5.82 Å². The highest BCUT2D eigenvalue weighted by atomic mass is 79.9. The van der Waals surface area contributed by atoms with Gasteiger partial charge >= 0.3 is 0 Å². The lowest BCUT2D eigenvalue weighted by Crippen LogP contribution is -2.04. The van der Waals surface area contributed by atoms with E-state index in [4.69, 9.17) is 5.73 Å². The number of nitrogens with two attached hydrogens (primary N) is 1. The summed E-state index contributed by atoms with van der Waals surface area (Å²) in [5.74, 6) is -0.0120. The number of halogens is 1. The van der Waals surface area contributed by atoms with Crippen LogP contribution in [0.5, 0.6) is 0 Å². The fourth-order valence-corrected chi connectivity index (χ4v) is 2.96. The topological polar surface area (TPSA) is 82.7 Å². The summed E-state index contributed by atoms with van der Waals surface area (Å²) in [4.78, 5) is 15.7. The summed E-state index contributed by atoms with van der Waals surface area (Å²) in [5, 5.41) is 9.44. The molecule has 5 heteroatoms. The number of rotatable bonds is 3. The Labute approximate surface area is 141 Å². The zero-order valence-corrected chi connectivity index (χ0v) is 13.6. The molecule has 0 saturated carbocycles. The Morgan fingerprint density at radius 2 is 1.74 bits per heavy atom. The van der Waals surface area contributed by atoms with E-state index in [0.717, 1.165) is 10.0 Å². The van der Waals surface area contributed by atoms with Crippen molar-refractivity contribution in [1.82, 2.24) is 4.98 Å². The molecule has 0 unspecified atom stereocenters. The monoisotopic (exact) mass is 365 g/mol. The number of carbonyl (C=O) groups is 1. The number of nitrogens with zero attached hydrogens (tertiary/aromatic N) is 1. The van der Waals surface area contributed by atoms with Gasteiger partial charge in [-0.1, -0.05) is 64.5 Å². The quantitative estimate of drug-likeness (QED) is 0.684. The second-order valence-corrected chi connectivity index (χ2v) is 5.80. The predicted molar refractivity (Wildman–Crippen MR) is 92.9 cm³/mol. The molecular formula is C18H12BrN3O. The number of H-pyrrole nitrogens is 1. The van der Waals surface area contributed by atoms with Crippen molar-refractivity contribution >= 4 is 27.5 Å². The fraction of sp³-hybridized carbons (Fsp3) is 0. The lowest BCUT2D eigenvalue weighted by atomic mass is 9.97. The summed E-state index contributed by atoms with van der Waals surface area (Å²) < 4.78 is 0.789. The fourth-order valence-electron chi connectivity index (χ4n) is 2.47. The standard InChI is InChI=1S/C18H12BrN3O/c19-14-9-5-4-8-12(14)15-13(10-20)18(21)22-16(15)17(23)11-6-2-1-3-7-11/h1-9,22H,21H2. The minimum atomic E-state index is -0.204. The van der Waals surface area contributed by atoms with Gasteiger partial charge in [-0.2, -0.15) is 5.26 Å². The van der Waals surface area contributed by atoms with Crippen molar-refractivity contribution in [2.24, 2.45) is 0 Å². The van der Waals surface area contributed by atoms with Crippen molar-refractivity contribution in [1.29, 1.82) is 5.26 Å².